The Morgan fingerprint density at radius 2 is 2.10 bits per heavy atom. The fourth-order valence-corrected chi connectivity index (χ4v) is 2.09. The molecule has 0 aliphatic carbocycles. The van der Waals surface area contributed by atoms with Crippen LogP contribution >= 0.6 is 0 Å². The minimum absolute atomic E-state index is 0.132. The van der Waals surface area contributed by atoms with E-state index in [0.29, 0.717) is 6.61 Å². The zero-order chi connectivity index (χ0) is 14.4. The molecule has 6 nitrogen and oxygen atoms in total. The first-order valence-corrected chi connectivity index (χ1v) is 6.81. The minimum atomic E-state index is 0.132. The summed E-state index contributed by atoms with van der Waals surface area (Å²) in [7, 11) is 0. The molecule has 0 spiro atoms. The van der Waals surface area contributed by atoms with Gasteiger partial charge in [0.2, 0.25) is 5.91 Å². The van der Waals surface area contributed by atoms with Crippen LogP contribution in [0.3, 0.4) is 0 Å². The van der Waals surface area contributed by atoms with Crippen molar-refractivity contribution in [2.75, 3.05) is 37.7 Å². The SMILES string of the molecule is CCO/C=C/c1cc(N2CCN(C(C)=O)CC2)ncn1. The molecule has 0 aromatic carbocycles. The van der Waals surface area contributed by atoms with E-state index >= 15 is 0 Å². The van der Waals surface area contributed by atoms with Crippen LogP contribution in [-0.2, 0) is 9.53 Å². The van der Waals surface area contributed by atoms with E-state index in [2.05, 4.69) is 14.9 Å². The Balaban J connectivity index is 1.99. The molecule has 1 saturated heterocycles. The number of ether oxygens (including phenoxy) is 1. The Hall–Kier alpha value is -2.11. The van der Waals surface area contributed by atoms with Crippen molar-refractivity contribution in [2.24, 2.45) is 0 Å². The van der Waals surface area contributed by atoms with Gasteiger partial charge in [0, 0.05) is 39.2 Å². The van der Waals surface area contributed by atoms with Gasteiger partial charge in [-0.1, -0.05) is 0 Å². The maximum Gasteiger partial charge on any atom is 0.219 e. The molecule has 0 atom stereocenters. The molecule has 20 heavy (non-hydrogen) atoms. The molecule has 1 aliphatic heterocycles. The first-order chi connectivity index (χ1) is 9.70. The van der Waals surface area contributed by atoms with Gasteiger partial charge in [-0.25, -0.2) is 9.97 Å². The predicted octanol–water partition coefficient (Wildman–Crippen LogP) is 1.15. The van der Waals surface area contributed by atoms with Crippen LogP contribution in [0.2, 0.25) is 0 Å². The highest BCUT2D eigenvalue weighted by Gasteiger charge is 2.19. The summed E-state index contributed by atoms with van der Waals surface area (Å²) in [6.07, 6.45) is 5.01. The van der Waals surface area contributed by atoms with Crippen LogP contribution in [0.15, 0.2) is 18.7 Å². The van der Waals surface area contributed by atoms with Crippen molar-refractivity contribution in [2.45, 2.75) is 13.8 Å². The number of rotatable bonds is 4. The molecule has 0 radical (unpaired) electrons. The van der Waals surface area contributed by atoms with E-state index in [4.69, 9.17) is 4.74 Å². The van der Waals surface area contributed by atoms with Gasteiger partial charge in [0.1, 0.15) is 12.1 Å². The van der Waals surface area contributed by atoms with E-state index in [1.807, 2.05) is 24.0 Å². The van der Waals surface area contributed by atoms with Crippen LogP contribution in [0.4, 0.5) is 5.82 Å². The predicted molar refractivity (Wildman–Crippen MR) is 77.2 cm³/mol. The van der Waals surface area contributed by atoms with Gasteiger partial charge < -0.3 is 14.5 Å². The molecule has 1 aromatic heterocycles. The molecule has 0 N–H and O–H groups in total. The Bertz CT molecular complexity index is 482. The molecular weight excluding hydrogens is 256 g/mol. The first kappa shape index (κ1) is 14.3. The first-order valence-electron chi connectivity index (χ1n) is 6.81. The summed E-state index contributed by atoms with van der Waals surface area (Å²) in [6.45, 7) is 7.26. The Kier molecular flexibility index (Phi) is 4.92. The quantitative estimate of drug-likeness (QED) is 0.772. The average Bonchev–Trinajstić information content (AvgIpc) is 2.48. The van der Waals surface area contributed by atoms with Crippen LogP contribution < -0.4 is 4.90 Å². The number of piperazine rings is 1. The third-order valence-electron chi connectivity index (χ3n) is 3.22. The van der Waals surface area contributed by atoms with Gasteiger partial charge in [-0.3, -0.25) is 4.79 Å². The van der Waals surface area contributed by atoms with Gasteiger partial charge in [0.15, 0.2) is 0 Å². The number of hydrogen-bond donors (Lipinski definition) is 0. The largest absolute Gasteiger partial charge is 0.501 e. The van der Waals surface area contributed by atoms with Crippen LogP contribution in [0.25, 0.3) is 6.08 Å². The molecule has 6 heteroatoms. The van der Waals surface area contributed by atoms with Gasteiger partial charge in [-0.2, -0.15) is 0 Å². The van der Waals surface area contributed by atoms with Crippen molar-refractivity contribution in [3.8, 4) is 0 Å². The molecular formula is C14H20N4O2. The number of carbonyl (C=O) groups excluding carboxylic acids is 1. The standard InChI is InChI=1S/C14H20N4O2/c1-3-20-9-4-13-10-14(16-11-15-13)18-7-5-17(6-8-18)12(2)19/h4,9-11H,3,5-8H2,1-2H3/b9-4+. The highest BCUT2D eigenvalue weighted by Crippen LogP contribution is 2.14. The maximum absolute atomic E-state index is 11.3. The van der Waals surface area contributed by atoms with E-state index in [9.17, 15) is 4.79 Å². The molecule has 2 rings (SSSR count). The molecule has 0 unspecified atom stereocenters. The van der Waals surface area contributed by atoms with Gasteiger partial charge >= 0.3 is 0 Å². The summed E-state index contributed by atoms with van der Waals surface area (Å²) in [5.41, 5.74) is 0.817. The second-order valence-corrected chi connectivity index (χ2v) is 4.55. The van der Waals surface area contributed by atoms with Crippen molar-refractivity contribution in [1.82, 2.24) is 14.9 Å². The van der Waals surface area contributed by atoms with E-state index in [0.717, 1.165) is 37.7 Å². The normalized spacial score (nSPS) is 15.7. The van der Waals surface area contributed by atoms with Crippen LogP contribution in [0.5, 0.6) is 0 Å². The molecule has 1 aliphatic rings. The van der Waals surface area contributed by atoms with Gasteiger partial charge in [-0.05, 0) is 13.0 Å². The second kappa shape index (κ2) is 6.88. The Labute approximate surface area is 119 Å². The molecule has 2 heterocycles. The lowest BCUT2D eigenvalue weighted by Crippen LogP contribution is -2.48. The van der Waals surface area contributed by atoms with E-state index < -0.39 is 0 Å². The Morgan fingerprint density at radius 3 is 2.75 bits per heavy atom. The van der Waals surface area contributed by atoms with Crippen molar-refractivity contribution < 1.29 is 9.53 Å². The molecule has 1 fully saturated rings. The van der Waals surface area contributed by atoms with Crippen molar-refractivity contribution in [1.29, 1.82) is 0 Å². The van der Waals surface area contributed by atoms with E-state index in [-0.39, 0.29) is 5.91 Å². The highest BCUT2D eigenvalue weighted by molar-refractivity contribution is 5.73. The smallest absolute Gasteiger partial charge is 0.219 e. The molecule has 0 bridgehead atoms. The number of nitrogens with zero attached hydrogens (tertiary/aromatic N) is 4. The van der Waals surface area contributed by atoms with Crippen molar-refractivity contribution in [3.63, 3.8) is 0 Å². The lowest BCUT2D eigenvalue weighted by Gasteiger charge is -2.34. The van der Waals surface area contributed by atoms with Crippen LogP contribution in [-0.4, -0.2) is 53.6 Å². The number of carbonyl (C=O) groups is 1. The number of amides is 1. The number of anilines is 1. The highest BCUT2D eigenvalue weighted by atomic mass is 16.5. The van der Waals surface area contributed by atoms with E-state index in [1.54, 1.807) is 19.5 Å². The van der Waals surface area contributed by atoms with Gasteiger partial charge in [-0.15, -0.1) is 0 Å². The lowest BCUT2D eigenvalue weighted by atomic mass is 10.3. The fourth-order valence-electron chi connectivity index (χ4n) is 2.09. The summed E-state index contributed by atoms with van der Waals surface area (Å²) in [5, 5.41) is 0. The molecule has 108 valence electrons. The summed E-state index contributed by atoms with van der Waals surface area (Å²) in [6, 6.07) is 1.93. The number of hydrogen-bond acceptors (Lipinski definition) is 5. The van der Waals surface area contributed by atoms with Crippen molar-refractivity contribution >= 4 is 17.8 Å². The summed E-state index contributed by atoms with van der Waals surface area (Å²) < 4.78 is 5.16. The Morgan fingerprint density at radius 1 is 1.35 bits per heavy atom. The third kappa shape index (κ3) is 3.69. The molecule has 1 aromatic rings. The van der Waals surface area contributed by atoms with Crippen molar-refractivity contribution in [3.05, 3.63) is 24.3 Å². The minimum Gasteiger partial charge on any atom is -0.501 e. The number of aromatic nitrogens is 2. The molecule has 1 amide bonds. The van der Waals surface area contributed by atoms with Crippen LogP contribution in [0.1, 0.15) is 19.5 Å². The second-order valence-electron chi connectivity index (χ2n) is 4.55. The zero-order valence-electron chi connectivity index (χ0n) is 12.0. The topological polar surface area (TPSA) is 58.6 Å². The molecule has 0 saturated carbocycles. The summed E-state index contributed by atoms with van der Waals surface area (Å²) in [5.74, 6) is 1.02. The van der Waals surface area contributed by atoms with Gasteiger partial charge in [0.05, 0.1) is 18.6 Å². The summed E-state index contributed by atoms with van der Waals surface area (Å²) >= 11 is 0. The average molecular weight is 276 g/mol. The van der Waals surface area contributed by atoms with Crippen LogP contribution in [0, 0.1) is 0 Å². The third-order valence-corrected chi connectivity index (χ3v) is 3.22. The monoisotopic (exact) mass is 276 g/mol. The van der Waals surface area contributed by atoms with Gasteiger partial charge in [0.25, 0.3) is 0 Å². The fraction of sp³-hybridized carbons (Fsp3) is 0.500. The van der Waals surface area contributed by atoms with E-state index in [1.165, 1.54) is 0 Å². The summed E-state index contributed by atoms with van der Waals surface area (Å²) in [4.78, 5) is 23.8. The zero-order valence-corrected chi connectivity index (χ0v) is 12.0. The lowest BCUT2D eigenvalue weighted by molar-refractivity contribution is -0.129. The maximum atomic E-state index is 11.3.